The van der Waals surface area contributed by atoms with Crippen molar-refractivity contribution in [2.75, 3.05) is 0 Å². The van der Waals surface area contributed by atoms with Crippen molar-refractivity contribution in [2.24, 2.45) is 0 Å². The molecule has 0 unspecified atom stereocenters. The molecule has 1 nitrogen and oxygen atoms in total. The first-order valence-corrected chi connectivity index (χ1v) is 10.9. The predicted molar refractivity (Wildman–Crippen MR) is 152 cm³/mol. The van der Waals surface area contributed by atoms with E-state index in [1.165, 1.54) is 0 Å². The lowest BCUT2D eigenvalue weighted by Gasteiger charge is -2.17. The van der Waals surface area contributed by atoms with Gasteiger partial charge in [0.25, 0.3) is 0 Å². The highest BCUT2D eigenvalue weighted by Gasteiger charge is 2.23. The van der Waals surface area contributed by atoms with Gasteiger partial charge in [-0.25, -0.2) is 0 Å². The van der Waals surface area contributed by atoms with E-state index in [1.54, 1.807) is 0 Å². The Morgan fingerprint density at radius 2 is 1.06 bits per heavy atom. The van der Waals surface area contributed by atoms with E-state index in [1.807, 2.05) is 59.2 Å². The van der Waals surface area contributed by atoms with E-state index in [0.29, 0.717) is 42.7 Å². The zero-order valence-corrected chi connectivity index (χ0v) is 19.1. The highest BCUT2D eigenvalue weighted by Crippen LogP contribution is 2.30. The monoisotopic (exact) mass is 467 g/mol. The molecule has 5 rings (SSSR count). The zero-order valence-electron chi connectivity index (χ0n) is 17.6. The summed E-state index contributed by atoms with van der Waals surface area (Å²) in [6.45, 7) is 0. The normalized spacial score (nSPS) is 11.4. The summed E-state index contributed by atoms with van der Waals surface area (Å²) in [6.07, 6.45) is 0. The molecule has 0 amide bonds. The lowest BCUT2D eigenvalue weighted by molar-refractivity contribution is 1.19. The number of halogens is 1. The number of benzene rings is 4. The third kappa shape index (κ3) is 3.23. The number of aromatic nitrogens is 1. The van der Waals surface area contributed by atoms with Crippen LogP contribution in [0.15, 0.2) is 59.1 Å². The average Bonchev–Trinajstić information content (AvgIpc) is 3.20. The molecule has 4 aromatic carbocycles. The Labute approximate surface area is 210 Å². The highest BCUT2D eigenvalue weighted by atomic mass is 79.9. The van der Waals surface area contributed by atoms with E-state index < -0.39 is 0 Å². The van der Waals surface area contributed by atoms with Gasteiger partial charge >= 0.3 is 0 Å². The highest BCUT2D eigenvalue weighted by molar-refractivity contribution is 9.10. The van der Waals surface area contributed by atoms with Crippen molar-refractivity contribution in [2.45, 2.75) is 0 Å². The maximum atomic E-state index is 6.54. The summed E-state index contributed by atoms with van der Waals surface area (Å²) in [7, 11) is 44.7. The van der Waals surface area contributed by atoms with Crippen molar-refractivity contribution in [3.63, 3.8) is 0 Å². The van der Waals surface area contributed by atoms with Gasteiger partial charge in [-0.2, -0.15) is 0 Å². The maximum absolute atomic E-state index is 6.54. The van der Waals surface area contributed by atoms with Gasteiger partial charge in [0.1, 0.15) is 54.9 Å². The van der Waals surface area contributed by atoms with E-state index in [4.69, 9.17) is 54.9 Å². The summed E-state index contributed by atoms with van der Waals surface area (Å²) in [4.78, 5) is 0. The van der Waals surface area contributed by atoms with Crippen LogP contribution in [0.1, 0.15) is 0 Å². The van der Waals surface area contributed by atoms with Crippen LogP contribution >= 0.6 is 15.9 Å². The summed E-state index contributed by atoms with van der Waals surface area (Å²) in [5.74, 6) is 0. The first-order valence-electron chi connectivity index (χ1n) is 10.1. The second-order valence-electron chi connectivity index (χ2n) is 7.91. The summed E-state index contributed by atoms with van der Waals surface area (Å²) in [5.41, 5.74) is 6.01. The number of fused-ring (bicyclic) bond motifs is 3. The topological polar surface area (TPSA) is 4.93 Å². The summed E-state index contributed by atoms with van der Waals surface area (Å²) in [6, 6.07) is 18.0. The Kier molecular flexibility index (Phi) is 5.52. The molecule has 138 valence electrons. The van der Waals surface area contributed by atoms with Crippen LogP contribution < -0.4 is 38.2 Å². The van der Waals surface area contributed by atoms with Gasteiger partial charge in [0.2, 0.25) is 0 Å². The smallest absolute Gasteiger partial charge is 0.116 e. The number of hydrogen-bond acceptors (Lipinski definition) is 0. The number of hydrogen-bond donors (Lipinski definition) is 0. The molecule has 33 heavy (non-hydrogen) atoms. The van der Waals surface area contributed by atoms with E-state index >= 15 is 0 Å². The lowest BCUT2D eigenvalue weighted by atomic mass is 9.65. The van der Waals surface area contributed by atoms with Crippen LogP contribution in [0.5, 0.6) is 0 Å². The largest absolute Gasteiger partial charge is 0.311 e. The van der Waals surface area contributed by atoms with Crippen LogP contribution in [0, 0.1) is 0 Å². The van der Waals surface area contributed by atoms with Gasteiger partial charge < -0.3 is 4.57 Å². The Hall–Kier alpha value is -2.39. The molecule has 1 aromatic heterocycles. The summed E-state index contributed by atoms with van der Waals surface area (Å²) < 4.78 is 2.38. The van der Waals surface area contributed by atoms with Gasteiger partial charge in [-0.1, -0.05) is 85.7 Å². The van der Waals surface area contributed by atoms with Gasteiger partial charge in [-0.05, 0) is 28.6 Å². The predicted octanol–water partition coefficient (Wildman–Crippen LogP) is -1.23. The van der Waals surface area contributed by atoms with Crippen LogP contribution in [0.3, 0.4) is 0 Å². The Morgan fingerprint density at radius 1 is 0.515 bits per heavy atom. The second-order valence-corrected chi connectivity index (χ2v) is 8.70. The van der Waals surface area contributed by atoms with Crippen LogP contribution in [-0.2, 0) is 0 Å². The zero-order chi connectivity index (χ0) is 23.6. The standard InChI is InChI=1S/C24H9B7BrN/c25-15-13-14-16(26)22(32)19(29)21(31)24(14)33(23(13)20(30)18(28)17(15)27)12-8-4-7-11(9-12)10-5-2-1-3-6-10/h1-9H. The molecule has 0 spiro atoms. The first-order chi connectivity index (χ1) is 15.7. The molecular weight excluding hydrogens is 458 g/mol. The van der Waals surface area contributed by atoms with Gasteiger partial charge in [0.05, 0.1) is 0 Å². The van der Waals surface area contributed by atoms with Gasteiger partial charge in [0, 0.05) is 26.6 Å². The molecule has 0 aliphatic carbocycles. The summed E-state index contributed by atoms with van der Waals surface area (Å²) in [5, 5.41) is 1.17. The van der Waals surface area contributed by atoms with Crippen LogP contribution in [0.2, 0.25) is 0 Å². The molecule has 14 radical (unpaired) electrons. The fourth-order valence-electron chi connectivity index (χ4n) is 4.37. The molecular formula is C24H9B7BrN. The lowest BCUT2D eigenvalue weighted by Crippen LogP contribution is -2.48. The van der Waals surface area contributed by atoms with Gasteiger partial charge in [0.15, 0.2) is 0 Å². The van der Waals surface area contributed by atoms with E-state index in [-0.39, 0.29) is 21.9 Å². The number of rotatable bonds is 2. The van der Waals surface area contributed by atoms with Crippen molar-refractivity contribution in [3.05, 3.63) is 59.1 Å². The first kappa shape index (κ1) is 22.4. The van der Waals surface area contributed by atoms with E-state index in [0.717, 1.165) is 16.8 Å². The molecule has 5 aromatic rings. The van der Waals surface area contributed by atoms with Gasteiger partial charge in [-0.3, -0.25) is 0 Å². The Morgan fingerprint density at radius 3 is 1.73 bits per heavy atom. The third-order valence-electron chi connectivity index (χ3n) is 6.06. The fourth-order valence-corrected chi connectivity index (χ4v) is 4.79. The fraction of sp³-hybridized carbons (Fsp3) is 0. The third-order valence-corrected chi connectivity index (χ3v) is 6.92. The van der Waals surface area contributed by atoms with E-state index in [9.17, 15) is 0 Å². The van der Waals surface area contributed by atoms with Crippen molar-refractivity contribution in [3.8, 4) is 16.8 Å². The second kappa shape index (κ2) is 8.13. The quantitative estimate of drug-likeness (QED) is 0.287. The SMILES string of the molecule is [B]c1c([B])c([B])c2c(c1[B])c1c([B])c(Br)c([B])c([B])c1n2-c1cccc(-c2ccccc2)c1. The van der Waals surface area contributed by atoms with Crippen molar-refractivity contribution in [1.29, 1.82) is 0 Å². The van der Waals surface area contributed by atoms with Crippen molar-refractivity contribution in [1.82, 2.24) is 4.57 Å². The van der Waals surface area contributed by atoms with Crippen LogP contribution in [0.25, 0.3) is 38.6 Å². The minimum Gasteiger partial charge on any atom is -0.311 e. The van der Waals surface area contributed by atoms with Crippen LogP contribution in [0.4, 0.5) is 0 Å². The Bertz CT molecular complexity index is 1520. The molecule has 0 aliphatic rings. The molecule has 1 heterocycles. The Balaban J connectivity index is 2.02. The molecule has 0 atom stereocenters. The molecule has 9 heteroatoms. The molecule has 0 bridgehead atoms. The maximum Gasteiger partial charge on any atom is 0.116 e. The van der Waals surface area contributed by atoms with Crippen molar-refractivity contribution < 1.29 is 0 Å². The average molecular weight is 467 g/mol. The van der Waals surface area contributed by atoms with Crippen LogP contribution in [-0.4, -0.2) is 59.5 Å². The molecule has 0 fully saturated rings. The van der Waals surface area contributed by atoms with E-state index in [2.05, 4.69) is 15.9 Å². The van der Waals surface area contributed by atoms with Gasteiger partial charge in [-0.15, -0.1) is 10.9 Å². The molecule has 0 saturated heterocycles. The minimum absolute atomic E-state index is 0.197. The molecule has 0 saturated carbocycles. The summed E-state index contributed by atoms with van der Waals surface area (Å²) >= 11 is 3.45. The molecule has 0 aliphatic heterocycles. The minimum atomic E-state index is 0.197. The van der Waals surface area contributed by atoms with Crippen molar-refractivity contribution >= 4 is 131 Å². The number of nitrogens with zero attached hydrogens (tertiary/aromatic N) is 1. The molecule has 0 N–H and O–H groups in total.